The molecule has 0 aromatic heterocycles. The van der Waals surface area contributed by atoms with Crippen LogP contribution in [0.5, 0.6) is 0 Å². The SMILES string of the molecule is CC(=O)OC(c1ccccc1)C(c1ccccc1)P(=O)(c1ccccc1)c1ccccc1. The zero-order valence-electron chi connectivity index (χ0n) is 17.9. The maximum atomic E-state index is 15.3. The largest absolute Gasteiger partial charge is 0.456 e. The number of carbonyl (C=O) groups excluding carboxylic acids is 1. The Bertz CT molecular complexity index is 1150. The molecule has 0 saturated heterocycles. The smallest absolute Gasteiger partial charge is 0.303 e. The van der Waals surface area contributed by atoms with Gasteiger partial charge in [0.2, 0.25) is 0 Å². The van der Waals surface area contributed by atoms with Gasteiger partial charge in [0.1, 0.15) is 6.10 Å². The zero-order chi connectivity index (χ0) is 22.4. The van der Waals surface area contributed by atoms with Crippen molar-refractivity contribution in [2.24, 2.45) is 0 Å². The monoisotopic (exact) mass is 440 g/mol. The van der Waals surface area contributed by atoms with Crippen LogP contribution in [-0.4, -0.2) is 5.97 Å². The molecule has 0 aliphatic carbocycles. The summed E-state index contributed by atoms with van der Waals surface area (Å²) in [5.41, 5.74) is 1.07. The van der Waals surface area contributed by atoms with Gasteiger partial charge >= 0.3 is 5.97 Å². The minimum absolute atomic E-state index is 0.410. The van der Waals surface area contributed by atoms with E-state index in [0.29, 0.717) is 0 Å². The fraction of sp³-hybridized carbons (Fsp3) is 0.107. The summed E-state index contributed by atoms with van der Waals surface area (Å²) in [4.78, 5) is 12.3. The van der Waals surface area contributed by atoms with Crippen LogP contribution >= 0.6 is 7.14 Å². The molecule has 2 atom stereocenters. The number of rotatable bonds is 7. The highest BCUT2D eigenvalue weighted by molar-refractivity contribution is 7.79. The van der Waals surface area contributed by atoms with E-state index in [-0.39, 0.29) is 0 Å². The van der Waals surface area contributed by atoms with Crippen LogP contribution in [0.3, 0.4) is 0 Å². The summed E-state index contributed by atoms with van der Waals surface area (Å²) in [6.45, 7) is 1.40. The molecule has 0 N–H and O–H groups in total. The number of benzene rings is 4. The second kappa shape index (κ2) is 9.80. The third kappa shape index (κ3) is 4.44. The van der Waals surface area contributed by atoms with E-state index in [1.165, 1.54) is 6.92 Å². The van der Waals surface area contributed by atoms with Gasteiger partial charge in [0.25, 0.3) is 0 Å². The van der Waals surface area contributed by atoms with Crippen molar-refractivity contribution in [3.8, 4) is 0 Å². The molecule has 0 amide bonds. The van der Waals surface area contributed by atoms with Crippen LogP contribution in [0.2, 0.25) is 0 Å². The standard InChI is InChI=1S/C28H25O3P/c1-22(29)31-27(23-14-6-2-7-15-23)28(24-16-8-3-9-17-24)32(30,25-18-10-4-11-19-25)26-20-12-5-13-21-26/h2-21,27-28H,1H3. The second-order valence-electron chi connectivity index (χ2n) is 7.63. The highest BCUT2D eigenvalue weighted by Gasteiger charge is 2.44. The molecule has 4 heteroatoms. The molecular formula is C28H25O3P. The Kier molecular flexibility index (Phi) is 6.68. The number of carbonyl (C=O) groups is 1. The van der Waals surface area contributed by atoms with Crippen LogP contribution in [-0.2, 0) is 14.1 Å². The Balaban J connectivity index is 2.03. The number of esters is 1. The summed E-state index contributed by atoms with van der Waals surface area (Å²) < 4.78 is 21.3. The van der Waals surface area contributed by atoms with Crippen molar-refractivity contribution >= 4 is 23.7 Å². The van der Waals surface area contributed by atoms with Gasteiger partial charge in [-0.3, -0.25) is 4.79 Å². The van der Waals surface area contributed by atoms with Gasteiger partial charge in [-0.1, -0.05) is 121 Å². The summed E-state index contributed by atoms with van der Waals surface area (Å²) in [5, 5.41) is 1.46. The van der Waals surface area contributed by atoms with Gasteiger partial charge in [-0.05, 0) is 11.1 Å². The average molecular weight is 440 g/mol. The maximum absolute atomic E-state index is 15.3. The fourth-order valence-electron chi connectivity index (χ4n) is 4.13. The second-order valence-corrected chi connectivity index (χ2v) is 10.5. The Morgan fingerprint density at radius 3 is 1.41 bits per heavy atom. The van der Waals surface area contributed by atoms with Crippen molar-refractivity contribution in [3.05, 3.63) is 132 Å². The Morgan fingerprint density at radius 2 is 1.00 bits per heavy atom. The molecule has 0 heterocycles. The molecule has 160 valence electrons. The first kappa shape index (κ1) is 21.8. The van der Waals surface area contributed by atoms with E-state index in [1.54, 1.807) is 0 Å². The number of hydrogen-bond donors (Lipinski definition) is 0. The Morgan fingerprint density at radius 1 is 0.625 bits per heavy atom. The molecule has 0 bridgehead atoms. The van der Waals surface area contributed by atoms with Crippen LogP contribution in [0.4, 0.5) is 0 Å². The lowest BCUT2D eigenvalue weighted by Crippen LogP contribution is -2.27. The molecule has 4 aromatic rings. The minimum atomic E-state index is -3.31. The van der Waals surface area contributed by atoms with Crippen LogP contribution in [0.15, 0.2) is 121 Å². The van der Waals surface area contributed by atoms with Gasteiger partial charge in [-0.25, -0.2) is 0 Å². The third-order valence-electron chi connectivity index (χ3n) is 5.52. The number of ether oxygens (including phenoxy) is 1. The van der Waals surface area contributed by atoms with E-state index in [2.05, 4.69) is 0 Å². The fourth-order valence-corrected chi connectivity index (χ4v) is 7.51. The maximum Gasteiger partial charge on any atom is 0.303 e. The van der Waals surface area contributed by atoms with Gasteiger partial charge in [0, 0.05) is 17.5 Å². The lowest BCUT2D eigenvalue weighted by molar-refractivity contribution is -0.146. The van der Waals surface area contributed by atoms with E-state index in [0.717, 1.165) is 21.7 Å². The van der Waals surface area contributed by atoms with Crippen LogP contribution in [0.25, 0.3) is 0 Å². The molecule has 2 unspecified atom stereocenters. The van der Waals surface area contributed by atoms with Gasteiger partial charge < -0.3 is 9.30 Å². The van der Waals surface area contributed by atoms with Gasteiger partial charge in [0.15, 0.2) is 7.14 Å². The molecule has 0 aliphatic heterocycles. The predicted octanol–water partition coefficient (Wildman–Crippen LogP) is 6.05. The lowest BCUT2D eigenvalue weighted by atomic mass is 10.0. The van der Waals surface area contributed by atoms with E-state index >= 15 is 4.57 Å². The Hall–Kier alpha value is -3.42. The van der Waals surface area contributed by atoms with Gasteiger partial charge in [-0.2, -0.15) is 0 Å². The van der Waals surface area contributed by atoms with Crippen molar-refractivity contribution < 1.29 is 14.1 Å². The Labute approximate surface area is 189 Å². The highest BCUT2D eigenvalue weighted by atomic mass is 31.2. The normalized spacial score (nSPS) is 13.2. The minimum Gasteiger partial charge on any atom is -0.456 e. The van der Waals surface area contributed by atoms with Gasteiger partial charge in [-0.15, -0.1) is 0 Å². The van der Waals surface area contributed by atoms with Crippen molar-refractivity contribution in [3.63, 3.8) is 0 Å². The van der Waals surface area contributed by atoms with E-state index < -0.39 is 24.9 Å². The summed E-state index contributed by atoms with van der Waals surface area (Å²) in [6.07, 6.45) is -0.720. The molecule has 0 spiro atoms. The van der Waals surface area contributed by atoms with Crippen molar-refractivity contribution in [1.82, 2.24) is 0 Å². The molecule has 3 nitrogen and oxygen atoms in total. The summed E-state index contributed by atoms with van der Waals surface area (Å²) in [5.74, 6) is -0.410. The third-order valence-corrected chi connectivity index (χ3v) is 9.00. The lowest BCUT2D eigenvalue weighted by Gasteiger charge is -2.35. The van der Waals surface area contributed by atoms with Crippen LogP contribution in [0, 0.1) is 0 Å². The van der Waals surface area contributed by atoms with E-state index in [9.17, 15) is 4.79 Å². The number of hydrogen-bond acceptors (Lipinski definition) is 3. The first-order valence-electron chi connectivity index (χ1n) is 10.6. The highest BCUT2D eigenvalue weighted by Crippen LogP contribution is 2.62. The molecule has 4 rings (SSSR count). The topological polar surface area (TPSA) is 43.4 Å². The summed E-state index contributed by atoms with van der Waals surface area (Å²) in [7, 11) is -3.31. The van der Waals surface area contributed by atoms with Crippen molar-refractivity contribution in [2.75, 3.05) is 0 Å². The summed E-state index contributed by atoms with van der Waals surface area (Å²) >= 11 is 0. The molecule has 4 aromatic carbocycles. The summed E-state index contributed by atoms with van der Waals surface area (Å²) in [6, 6.07) is 38.3. The molecular weight excluding hydrogens is 415 g/mol. The van der Waals surface area contributed by atoms with Crippen molar-refractivity contribution in [1.29, 1.82) is 0 Å². The predicted molar refractivity (Wildman–Crippen MR) is 130 cm³/mol. The molecule has 0 aliphatic rings. The first-order chi connectivity index (χ1) is 15.6. The molecule has 0 radical (unpaired) electrons. The average Bonchev–Trinajstić information content (AvgIpc) is 2.85. The van der Waals surface area contributed by atoms with E-state index in [4.69, 9.17) is 4.74 Å². The first-order valence-corrected chi connectivity index (χ1v) is 12.4. The van der Waals surface area contributed by atoms with Crippen LogP contribution < -0.4 is 10.6 Å². The molecule has 0 fully saturated rings. The van der Waals surface area contributed by atoms with E-state index in [1.807, 2.05) is 121 Å². The quantitative estimate of drug-likeness (QED) is 0.260. The van der Waals surface area contributed by atoms with Gasteiger partial charge in [0.05, 0.1) is 5.66 Å². The molecule has 32 heavy (non-hydrogen) atoms. The molecule has 0 saturated carbocycles. The van der Waals surface area contributed by atoms with Crippen molar-refractivity contribution in [2.45, 2.75) is 18.7 Å². The van der Waals surface area contributed by atoms with Crippen LogP contribution in [0.1, 0.15) is 29.8 Å². The zero-order valence-corrected chi connectivity index (χ0v) is 18.8.